The van der Waals surface area contributed by atoms with Gasteiger partial charge in [-0.3, -0.25) is 0 Å². The van der Waals surface area contributed by atoms with Crippen LogP contribution in [0.1, 0.15) is 27.2 Å². The van der Waals surface area contributed by atoms with E-state index in [1.54, 1.807) is 0 Å². The molecule has 3 nitrogen and oxygen atoms in total. The molecule has 17 heavy (non-hydrogen) atoms. The molecule has 0 radical (unpaired) electrons. The van der Waals surface area contributed by atoms with Crippen molar-refractivity contribution in [1.82, 2.24) is 10.2 Å². The van der Waals surface area contributed by atoms with Gasteiger partial charge >= 0.3 is 0 Å². The van der Waals surface area contributed by atoms with Gasteiger partial charge in [0.1, 0.15) is 0 Å². The highest BCUT2D eigenvalue weighted by Gasteiger charge is 2.32. The van der Waals surface area contributed by atoms with E-state index < -0.39 is 0 Å². The monoisotopic (exact) mass is 240 g/mol. The zero-order valence-corrected chi connectivity index (χ0v) is 11.6. The van der Waals surface area contributed by atoms with Crippen LogP contribution >= 0.6 is 0 Å². The lowest BCUT2D eigenvalue weighted by Gasteiger charge is -2.24. The molecular weight excluding hydrogens is 212 g/mol. The minimum absolute atomic E-state index is 0.582. The summed E-state index contributed by atoms with van der Waals surface area (Å²) in [5, 5.41) is 3.55. The highest BCUT2D eigenvalue weighted by Crippen LogP contribution is 2.25. The molecule has 2 aliphatic heterocycles. The van der Waals surface area contributed by atoms with E-state index in [1.165, 1.54) is 26.1 Å². The van der Waals surface area contributed by atoms with Gasteiger partial charge in [0.25, 0.3) is 0 Å². The molecule has 3 atom stereocenters. The summed E-state index contributed by atoms with van der Waals surface area (Å²) in [6.07, 6.45) is 1.39. The van der Waals surface area contributed by atoms with Gasteiger partial charge in [-0.1, -0.05) is 20.8 Å². The zero-order chi connectivity index (χ0) is 12.3. The van der Waals surface area contributed by atoms with Crippen LogP contribution in [0.15, 0.2) is 0 Å². The molecule has 0 aliphatic carbocycles. The average molecular weight is 240 g/mol. The summed E-state index contributed by atoms with van der Waals surface area (Å²) in [6.45, 7) is 13.6. The van der Waals surface area contributed by atoms with Crippen molar-refractivity contribution in [1.29, 1.82) is 0 Å². The van der Waals surface area contributed by atoms with Crippen molar-refractivity contribution in [2.45, 2.75) is 33.2 Å². The number of nitrogens with one attached hydrogen (secondary N) is 1. The van der Waals surface area contributed by atoms with Gasteiger partial charge < -0.3 is 15.0 Å². The van der Waals surface area contributed by atoms with Crippen LogP contribution in [0.25, 0.3) is 0 Å². The highest BCUT2D eigenvalue weighted by atomic mass is 16.5. The predicted molar refractivity (Wildman–Crippen MR) is 71.2 cm³/mol. The number of nitrogens with zero attached hydrogens (tertiary/aromatic N) is 1. The Bertz CT molecular complexity index is 232. The minimum atomic E-state index is 0.582. The molecule has 0 amide bonds. The number of likely N-dealkylation sites (tertiary alicyclic amines) is 1. The minimum Gasteiger partial charge on any atom is -0.379 e. The molecule has 1 N–H and O–H groups in total. The molecule has 2 heterocycles. The Labute approximate surface area is 106 Å². The van der Waals surface area contributed by atoms with Crippen LogP contribution in [0, 0.1) is 17.8 Å². The molecule has 2 saturated heterocycles. The van der Waals surface area contributed by atoms with Gasteiger partial charge in [0, 0.05) is 25.0 Å². The number of likely N-dealkylation sites (N-methyl/N-ethyl adjacent to an activating group) is 1. The SMILES string of the molecule is CCNC1COCC1CN1CCC(C(C)C)C1. The summed E-state index contributed by atoms with van der Waals surface area (Å²) in [4.78, 5) is 2.65. The van der Waals surface area contributed by atoms with Gasteiger partial charge in [0.05, 0.1) is 13.2 Å². The molecule has 0 aromatic carbocycles. The third-order valence-electron chi connectivity index (χ3n) is 4.41. The summed E-state index contributed by atoms with van der Waals surface area (Å²) in [7, 11) is 0. The van der Waals surface area contributed by atoms with Gasteiger partial charge in [-0.25, -0.2) is 0 Å². The second-order valence-corrected chi connectivity index (χ2v) is 6.01. The van der Waals surface area contributed by atoms with Gasteiger partial charge in [0.2, 0.25) is 0 Å². The van der Waals surface area contributed by atoms with Gasteiger partial charge in [0.15, 0.2) is 0 Å². The van der Waals surface area contributed by atoms with Gasteiger partial charge in [-0.05, 0) is 31.3 Å². The molecule has 0 aromatic heterocycles. The van der Waals surface area contributed by atoms with Crippen molar-refractivity contribution in [2.75, 3.05) is 39.4 Å². The Balaban J connectivity index is 1.77. The van der Waals surface area contributed by atoms with Crippen LogP contribution in [0.2, 0.25) is 0 Å². The Morgan fingerprint density at radius 1 is 1.35 bits per heavy atom. The van der Waals surface area contributed by atoms with Crippen molar-refractivity contribution in [3.8, 4) is 0 Å². The molecule has 2 fully saturated rings. The van der Waals surface area contributed by atoms with Crippen molar-refractivity contribution < 1.29 is 4.74 Å². The first-order chi connectivity index (χ1) is 8.20. The smallest absolute Gasteiger partial charge is 0.0623 e. The third-order valence-corrected chi connectivity index (χ3v) is 4.41. The zero-order valence-electron chi connectivity index (χ0n) is 11.6. The van der Waals surface area contributed by atoms with Gasteiger partial charge in [-0.2, -0.15) is 0 Å². The lowest BCUT2D eigenvalue weighted by atomic mass is 9.95. The molecule has 2 rings (SSSR count). The summed E-state index contributed by atoms with van der Waals surface area (Å²) in [6, 6.07) is 0.582. The van der Waals surface area contributed by atoms with E-state index in [0.29, 0.717) is 12.0 Å². The number of rotatable bonds is 5. The van der Waals surface area contributed by atoms with Crippen molar-refractivity contribution >= 4 is 0 Å². The van der Waals surface area contributed by atoms with Crippen LogP contribution in [0.3, 0.4) is 0 Å². The molecule has 0 saturated carbocycles. The first-order valence-corrected chi connectivity index (χ1v) is 7.24. The molecule has 0 aromatic rings. The summed E-state index contributed by atoms with van der Waals surface area (Å²) in [5.41, 5.74) is 0. The van der Waals surface area contributed by atoms with E-state index in [4.69, 9.17) is 4.74 Å². The molecule has 3 unspecified atom stereocenters. The fourth-order valence-electron chi connectivity index (χ4n) is 3.17. The van der Waals surface area contributed by atoms with Crippen molar-refractivity contribution in [2.24, 2.45) is 17.8 Å². The molecule has 0 bridgehead atoms. The Hall–Kier alpha value is -0.120. The first-order valence-electron chi connectivity index (χ1n) is 7.24. The maximum absolute atomic E-state index is 5.62. The molecule has 2 aliphatic rings. The summed E-state index contributed by atoms with van der Waals surface area (Å²) < 4.78 is 5.62. The standard InChI is InChI=1S/C14H28N2O/c1-4-15-14-10-17-9-13(14)8-16-6-5-12(7-16)11(2)3/h11-15H,4-10H2,1-3H3. The van der Waals surface area contributed by atoms with E-state index in [1.807, 2.05) is 0 Å². The highest BCUT2D eigenvalue weighted by molar-refractivity contribution is 4.86. The number of ether oxygens (including phenoxy) is 1. The predicted octanol–water partition coefficient (Wildman–Crippen LogP) is 1.59. The van der Waals surface area contributed by atoms with Crippen molar-refractivity contribution in [3.05, 3.63) is 0 Å². The average Bonchev–Trinajstić information content (AvgIpc) is 2.90. The topological polar surface area (TPSA) is 24.5 Å². The quantitative estimate of drug-likeness (QED) is 0.790. The van der Waals surface area contributed by atoms with Crippen LogP contribution in [-0.2, 0) is 4.74 Å². The number of hydrogen-bond acceptors (Lipinski definition) is 3. The summed E-state index contributed by atoms with van der Waals surface area (Å²) in [5.74, 6) is 2.44. The first kappa shape index (κ1) is 13.3. The van der Waals surface area contributed by atoms with Crippen molar-refractivity contribution in [3.63, 3.8) is 0 Å². The maximum atomic E-state index is 5.62. The Morgan fingerprint density at radius 2 is 2.18 bits per heavy atom. The van der Waals surface area contributed by atoms with E-state index in [0.717, 1.165) is 31.6 Å². The third kappa shape index (κ3) is 3.43. The largest absolute Gasteiger partial charge is 0.379 e. The lowest BCUT2D eigenvalue weighted by molar-refractivity contribution is 0.171. The fraction of sp³-hybridized carbons (Fsp3) is 1.00. The normalized spacial score (nSPS) is 34.9. The fourth-order valence-corrected chi connectivity index (χ4v) is 3.17. The van der Waals surface area contributed by atoms with E-state index in [-0.39, 0.29) is 0 Å². The van der Waals surface area contributed by atoms with Crippen LogP contribution in [-0.4, -0.2) is 50.3 Å². The second-order valence-electron chi connectivity index (χ2n) is 6.01. The Kier molecular flexibility index (Phi) is 4.83. The molecular formula is C14H28N2O. The van der Waals surface area contributed by atoms with Crippen LogP contribution in [0.4, 0.5) is 0 Å². The second kappa shape index (κ2) is 6.17. The van der Waals surface area contributed by atoms with Crippen LogP contribution < -0.4 is 5.32 Å². The molecule has 100 valence electrons. The lowest BCUT2D eigenvalue weighted by Crippen LogP contribution is -2.41. The van der Waals surface area contributed by atoms with Gasteiger partial charge in [-0.15, -0.1) is 0 Å². The van der Waals surface area contributed by atoms with E-state index >= 15 is 0 Å². The molecule has 0 spiro atoms. The Morgan fingerprint density at radius 3 is 2.82 bits per heavy atom. The maximum Gasteiger partial charge on any atom is 0.0623 e. The number of hydrogen-bond donors (Lipinski definition) is 1. The van der Waals surface area contributed by atoms with Crippen LogP contribution in [0.5, 0.6) is 0 Å². The summed E-state index contributed by atoms with van der Waals surface area (Å²) >= 11 is 0. The molecule has 3 heteroatoms. The van der Waals surface area contributed by atoms with E-state index in [2.05, 4.69) is 31.0 Å². The van der Waals surface area contributed by atoms with E-state index in [9.17, 15) is 0 Å².